The van der Waals surface area contributed by atoms with Crippen LogP contribution in [0.15, 0.2) is 18.2 Å². The monoisotopic (exact) mass is 341 g/mol. The van der Waals surface area contributed by atoms with Gasteiger partial charge in [-0.25, -0.2) is 0 Å². The summed E-state index contributed by atoms with van der Waals surface area (Å²) in [4.78, 5) is 37.8. The fourth-order valence-corrected chi connectivity index (χ4v) is 4.20. The third-order valence-electron chi connectivity index (χ3n) is 5.59. The van der Waals surface area contributed by atoms with Crippen molar-refractivity contribution in [2.45, 2.75) is 50.6 Å². The summed E-state index contributed by atoms with van der Waals surface area (Å²) in [5.41, 5.74) is 2.99. The van der Waals surface area contributed by atoms with E-state index in [9.17, 15) is 14.4 Å². The first-order valence-electron chi connectivity index (χ1n) is 9.11. The highest BCUT2D eigenvalue weighted by atomic mass is 16.2. The Morgan fingerprint density at radius 1 is 1.04 bits per heavy atom. The zero-order valence-electron chi connectivity index (χ0n) is 14.2. The van der Waals surface area contributed by atoms with Gasteiger partial charge in [-0.1, -0.05) is 12.1 Å². The van der Waals surface area contributed by atoms with Crippen LogP contribution in [0.5, 0.6) is 0 Å². The van der Waals surface area contributed by atoms with Crippen LogP contribution < -0.4 is 10.6 Å². The molecule has 3 aliphatic heterocycles. The minimum absolute atomic E-state index is 0.0985. The fourth-order valence-electron chi connectivity index (χ4n) is 4.20. The number of rotatable bonds is 2. The third kappa shape index (κ3) is 3.06. The molecule has 132 valence electrons. The lowest BCUT2D eigenvalue weighted by Crippen LogP contribution is -2.52. The standard InChI is InChI=1S/C19H23N3O3/c23-17-6-5-16(18(24)21-17)22-11-14-10-13(3-4-15(14)19(22)25)12-2-1-8-20-9-7-12/h3-4,10,12,16,20H,1-2,5-9,11H2,(H,21,23,24)/t12-,16?/m1/s1. The lowest BCUT2D eigenvalue weighted by atomic mass is 9.90. The van der Waals surface area contributed by atoms with Gasteiger partial charge in [0.05, 0.1) is 0 Å². The van der Waals surface area contributed by atoms with Gasteiger partial charge in [-0.2, -0.15) is 0 Å². The van der Waals surface area contributed by atoms with Crippen LogP contribution in [0.3, 0.4) is 0 Å². The number of hydrogen-bond acceptors (Lipinski definition) is 4. The molecule has 0 saturated carbocycles. The molecule has 25 heavy (non-hydrogen) atoms. The second-order valence-corrected chi connectivity index (χ2v) is 7.19. The Kier molecular flexibility index (Phi) is 4.29. The summed E-state index contributed by atoms with van der Waals surface area (Å²) in [5.74, 6) is -0.180. The minimum Gasteiger partial charge on any atom is -0.322 e. The SMILES string of the molecule is O=C1CCC(N2Cc3cc([C@@H]4CCCNCC4)ccc3C2=O)C(=O)N1. The van der Waals surface area contributed by atoms with Gasteiger partial charge in [-0.05, 0) is 61.9 Å². The van der Waals surface area contributed by atoms with Crippen molar-refractivity contribution in [3.05, 3.63) is 34.9 Å². The van der Waals surface area contributed by atoms with Crippen molar-refractivity contribution in [1.82, 2.24) is 15.5 Å². The van der Waals surface area contributed by atoms with E-state index < -0.39 is 6.04 Å². The van der Waals surface area contributed by atoms with Gasteiger partial charge in [0.25, 0.3) is 5.91 Å². The second-order valence-electron chi connectivity index (χ2n) is 7.19. The van der Waals surface area contributed by atoms with Crippen LogP contribution in [0.4, 0.5) is 0 Å². The van der Waals surface area contributed by atoms with Gasteiger partial charge in [0, 0.05) is 18.5 Å². The van der Waals surface area contributed by atoms with Crippen molar-refractivity contribution < 1.29 is 14.4 Å². The molecule has 2 fully saturated rings. The molecule has 0 bridgehead atoms. The van der Waals surface area contributed by atoms with Crippen molar-refractivity contribution in [3.63, 3.8) is 0 Å². The molecular weight excluding hydrogens is 318 g/mol. The third-order valence-corrected chi connectivity index (χ3v) is 5.59. The summed E-state index contributed by atoms with van der Waals surface area (Å²) in [6.07, 6.45) is 4.14. The summed E-state index contributed by atoms with van der Waals surface area (Å²) >= 11 is 0. The highest BCUT2D eigenvalue weighted by Gasteiger charge is 2.39. The van der Waals surface area contributed by atoms with Gasteiger partial charge in [-0.3, -0.25) is 19.7 Å². The van der Waals surface area contributed by atoms with Gasteiger partial charge in [0.1, 0.15) is 6.04 Å². The maximum Gasteiger partial charge on any atom is 0.255 e. The smallest absolute Gasteiger partial charge is 0.255 e. The summed E-state index contributed by atoms with van der Waals surface area (Å²) < 4.78 is 0. The molecule has 0 radical (unpaired) electrons. The number of fused-ring (bicyclic) bond motifs is 1. The lowest BCUT2D eigenvalue weighted by Gasteiger charge is -2.29. The van der Waals surface area contributed by atoms with Crippen molar-refractivity contribution >= 4 is 17.7 Å². The topological polar surface area (TPSA) is 78.5 Å². The average molecular weight is 341 g/mol. The molecule has 4 rings (SSSR count). The molecule has 0 aliphatic carbocycles. The van der Waals surface area contributed by atoms with Gasteiger partial charge in [-0.15, -0.1) is 0 Å². The molecule has 3 amide bonds. The summed E-state index contributed by atoms with van der Waals surface area (Å²) in [7, 11) is 0. The Labute approximate surface area is 147 Å². The van der Waals surface area contributed by atoms with Crippen LogP contribution in [0.1, 0.15) is 59.5 Å². The van der Waals surface area contributed by atoms with E-state index in [2.05, 4.69) is 22.8 Å². The maximum absolute atomic E-state index is 12.7. The van der Waals surface area contributed by atoms with E-state index >= 15 is 0 Å². The fraction of sp³-hybridized carbons (Fsp3) is 0.526. The van der Waals surface area contributed by atoms with E-state index in [0.717, 1.165) is 31.5 Å². The molecule has 3 heterocycles. The normalized spacial score (nSPS) is 27.0. The Morgan fingerprint density at radius 2 is 1.92 bits per heavy atom. The molecule has 6 nitrogen and oxygen atoms in total. The Morgan fingerprint density at radius 3 is 2.76 bits per heavy atom. The zero-order chi connectivity index (χ0) is 17.4. The van der Waals surface area contributed by atoms with Crippen molar-refractivity contribution in [2.75, 3.05) is 13.1 Å². The number of imide groups is 1. The van der Waals surface area contributed by atoms with Gasteiger partial charge in [0.15, 0.2) is 0 Å². The van der Waals surface area contributed by atoms with E-state index in [1.807, 2.05) is 6.07 Å². The van der Waals surface area contributed by atoms with E-state index in [1.165, 1.54) is 12.0 Å². The Balaban J connectivity index is 1.54. The molecule has 1 aromatic carbocycles. The zero-order valence-corrected chi connectivity index (χ0v) is 14.2. The number of nitrogens with zero attached hydrogens (tertiary/aromatic N) is 1. The van der Waals surface area contributed by atoms with E-state index in [0.29, 0.717) is 24.4 Å². The quantitative estimate of drug-likeness (QED) is 0.795. The Bertz CT molecular complexity index is 723. The van der Waals surface area contributed by atoms with E-state index in [-0.39, 0.29) is 24.1 Å². The first kappa shape index (κ1) is 16.3. The number of hydrogen-bond donors (Lipinski definition) is 2. The maximum atomic E-state index is 12.7. The van der Waals surface area contributed by atoms with Crippen molar-refractivity contribution in [3.8, 4) is 0 Å². The van der Waals surface area contributed by atoms with Crippen LogP contribution in [-0.4, -0.2) is 41.8 Å². The largest absolute Gasteiger partial charge is 0.322 e. The number of nitrogens with one attached hydrogen (secondary N) is 2. The molecule has 6 heteroatoms. The van der Waals surface area contributed by atoms with Gasteiger partial charge in [0.2, 0.25) is 11.8 Å². The number of carbonyl (C=O) groups is 3. The number of benzene rings is 1. The van der Waals surface area contributed by atoms with Crippen LogP contribution in [-0.2, 0) is 16.1 Å². The predicted octanol–water partition coefficient (Wildman–Crippen LogP) is 1.30. The molecule has 2 atom stereocenters. The van der Waals surface area contributed by atoms with Crippen LogP contribution in [0.25, 0.3) is 0 Å². The summed E-state index contributed by atoms with van der Waals surface area (Å²) in [6.45, 7) is 2.56. The molecule has 0 spiro atoms. The Hall–Kier alpha value is -2.21. The first-order valence-corrected chi connectivity index (χ1v) is 9.11. The molecule has 3 aliphatic rings. The van der Waals surface area contributed by atoms with Crippen molar-refractivity contribution in [1.29, 1.82) is 0 Å². The molecule has 1 unspecified atom stereocenters. The van der Waals surface area contributed by atoms with Crippen LogP contribution in [0.2, 0.25) is 0 Å². The number of amides is 3. The van der Waals surface area contributed by atoms with Crippen LogP contribution >= 0.6 is 0 Å². The molecular formula is C19H23N3O3. The molecule has 0 aromatic heterocycles. The van der Waals surface area contributed by atoms with E-state index in [4.69, 9.17) is 0 Å². The van der Waals surface area contributed by atoms with Gasteiger partial charge < -0.3 is 10.2 Å². The van der Waals surface area contributed by atoms with E-state index in [1.54, 1.807) is 4.90 Å². The highest BCUT2D eigenvalue weighted by Crippen LogP contribution is 2.32. The lowest BCUT2D eigenvalue weighted by molar-refractivity contribution is -0.136. The van der Waals surface area contributed by atoms with Crippen LogP contribution in [0, 0.1) is 0 Å². The average Bonchev–Trinajstić information content (AvgIpc) is 2.78. The number of piperidine rings is 1. The summed E-state index contributed by atoms with van der Waals surface area (Å²) in [6, 6.07) is 5.59. The minimum atomic E-state index is -0.539. The molecule has 1 aromatic rings. The van der Waals surface area contributed by atoms with Gasteiger partial charge >= 0.3 is 0 Å². The molecule has 2 N–H and O–H groups in total. The number of carbonyl (C=O) groups excluding carboxylic acids is 3. The van der Waals surface area contributed by atoms with Crippen molar-refractivity contribution in [2.24, 2.45) is 0 Å². The molecule has 2 saturated heterocycles. The highest BCUT2D eigenvalue weighted by molar-refractivity contribution is 6.05. The predicted molar refractivity (Wildman–Crippen MR) is 91.9 cm³/mol. The summed E-state index contributed by atoms with van der Waals surface area (Å²) in [5, 5.41) is 5.78. The first-order chi connectivity index (χ1) is 12.1. The second kappa shape index (κ2) is 6.59.